The normalized spacial score (nSPS) is 14.4. The highest BCUT2D eigenvalue weighted by Gasteiger charge is 2.23. The van der Waals surface area contributed by atoms with Gasteiger partial charge in [-0.15, -0.1) is 0 Å². The van der Waals surface area contributed by atoms with Crippen LogP contribution >= 0.6 is 11.6 Å². The number of rotatable bonds is 5. The molecular formula is C27H25ClN4O. The first kappa shape index (κ1) is 21.4. The Morgan fingerprint density at radius 2 is 1.58 bits per heavy atom. The van der Waals surface area contributed by atoms with Gasteiger partial charge in [0.25, 0.3) is 5.91 Å². The Kier molecular flexibility index (Phi) is 6.24. The molecule has 0 saturated carbocycles. The molecule has 4 aromatic rings. The molecule has 0 unspecified atom stereocenters. The lowest BCUT2D eigenvalue weighted by molar-refractivity contribution is 0.102. The summed E-state index contributed by atoms with van der Waals surface area (Å²) in [6, 6.07) is 25.6. The molecule has 1 saturated heterocycles. The Hall–Kier alpha value is -3.41. The van der Waals surface area contributed by atoms with Crippen molar-refractivity contribution in [3.8, 4) is 0 Å². The Bertz CT molecular complexity index is 1250. The maximum absolute atomic E-state index is 12.9. The smallest absolute Gasteiger partial charge is 0.255 e. The van der Waals surface area contributed by atoms with Gasteiger partial charge in [-0.2, -0.15) is 0 Å². The lowest BCUT2D eigenvalue weighted by Gasteiger charge is -2.37. The molecule has 0 aliphatic carbocycles. The Morgan fingerprint density at radius 3 is 2.33 bits per heavy atom. The molecule has 166 valence electrons. The van der Waals surface area contributed by atoms with Crippen molar-refractivity contribution in [1.29, 1.82) is 0 Å². The molecule has 1 aliphatic rings. The van der Waals surface area contributed by atoms with Crippen LogP contribution in [0.2, 0.25) is 5.02 Å². The van der Waals surface area contributed by atoms with Crippen molar-refractivity contribution in [2.45, 2.75) is 6.54 Å². The number of piperazine rings is 1. The summed E-state index contributed by atoms with van der Waals surface area (Å²) >= 11 is 5.98. The average molecular weight is 457 g/mol. The van der Waals surface area contributed by atoms with Crippen molar-refractivity contribution in [2.24, 2.45) is 0 Å². The lowest BCUT2D eigenvalue weighted by Crippen LogP contribution is -2.46. The molecule has 0 bridgehead atoms. The molecule has 0 spiro atoms. The topological polar surface area (TPSA) is 48.5 Å². The van der Waals surface area contributed by atoms with E-state index in [2.05, 4.69) is 56.5 Å². The van der Waals surface area contributed by atoms with Crippen LogP contribution in [0.1, 0.15) is 15.9 Å². The van der Waals surface area contributed by atoms with E-state index in [0.29, 0.717) is 10.6 Å². The van der Waals surface area contributed by atoms with Crippen LogP contribution in [0.5, 0.6) is 0 Å². The molecule has 5 nitrogen and oxygen atoms in total. The van der Waals surface area contributed by atoms with Gasteiger partial charge >= 0.3 is 0 Å². The van der Waals surface area contributed by atoms with Gasteiger partial charge in [0.05, 0.1) is 23.1 Å². The number of amides is 1. The van der Waals surface area contributed by atoms with E-state index in [1.54, 1.807) is 30.5 Å². The maximum Gasteiger partial charge on any atom is 0.255 e. The quantitative estimate of drug-likeness (QED) is 0.433. The van der Waals surface area contributed by atoms with Gasteiger partial charge < -0.3 is 10.2 Å². The van der Waals surface area contributed by atoms with Crippen LogP contribution in [0.4, 0.5) is 11.4 Å². The van der Waals surface area contributed by atoms with Gasteiger partial charge in [0.2, 0.25) is 0 Å². The monoisotopic (exact) mass is 456 g/mol. The number of hydrogen-bond donors (Lipinski definition) is 1. The third-order valence-electron chi connectivity index (χ3n) is 6.04. The van der Waals surface area contributed by atoms with Gasteiger partial charge in [-0.1, -0.05) is 60.1 Å². The first-order chi connectivity index (χ1) is 16.2. The molecule has 1 N–H and O–H groups in total. The van der Waals surface area contributed by atoms with Crippen molar-refractivity contribution < 1.29 is 4.79 Å². The van der Waals surface area contributed by atoms with Crippen molar-refractivity contribution in [2.75, 3.05) is 36.4 Å². The van der Waals surface area contributed by atoms with Crippen molar-refractivity contribution >= 4 is 39.8 Å². The van der Waals surface area contributed by atoms with E-state index >= 15 is 0 Å². The van der Waals surface area contributed by atoms with E-state index in [4.69, 9.17) is 11.6 Å². The minimum Gasteiger partial charge on any atom is -0.367 e. The van der Waals surface area contributed by atoms with Crippen LogP contribution in [-0.4, -0.2) is 42.0 Å². The number of aromatic nitrogens is 1. The van der Waals surface area contributed by atoms with Crippen LogP contribution in [0.15, 0.2) is 85.1 Å². The second-order valence-electron chi connectivity index (χ2n) is 8.25. The molecule has 2 heterocycles. The van der Waals surface area contributed by atoms with Crippen molar-refractivity contribution in [3.63, 3.8) is 0 Å². The maximum atomic E-state index is 12.9. The first-order valence-corrected chi connectivity index (χ1v) is 11.5. The SMILES string of the molecule is O=C(Nc1cnc2ccccc2c1N1CCN(Cc2ccccc2)CC1)c1ccc(Cl)cc1. The average Bonchev–Trinajstić information content (AvgIpc) is 2.85. The number of carbonyl (C=O) groups is 1. The van der Waals surface area contributed by atoms with Crippen LogP contribution in [0.3, 0.4) is 0 Å². The van der Waals surface area contributed by atoms with Gasteiger partial charge in [0.1, 0.15) is 0 Å². The standard InChI is InChI=1S/C27H25ClN4O/c28-22-12-10-21(11-13-22)27(33)30-25-18-29-24-9-5-4-8-23(24)26(25)32-16-14-31(15-17-32)19-20-6-2-1-3-7-20/h1-13,18H,14-17,19H2,(H,30,33). The van der Waals surface area contributed by atoms with E-state index in [1.165, 1.54) is 5.56 Å². The molecule has 1 amide bonds. The highest BCUT2D eigenvalue weighted by atomic mass is 35.5. The zero-order valence-corrected chi connectivity index (χ0v) is 19.0. The van der Waals surface area contributed by atoms with E-state index in [1.807, 2.05) is 18.2 Å². The fourth-order valence-electron chi connectivity index (χ4n) is 4.33. The fourth-order valence-corrected chi connectivity index (χ4v) is 4.45. The number of halogens is 1. The molecule has 0 atom stereocenters. The molecular weight excluding hydrogens is 432 g/mol. The van der Waals surface area contributed by atoms with Gasteiger partial charge in [-0.25, -0.2) is 0 Å². The third kappa shape index (κ3) is 4.85. The van der Waals surface area contributed by atoms with Crippen LogP contribution < -0.4 is 10.2 Å². The molecule has 3 aromatic carbocycles. The minimum absolute atomic E-state index is 0.173. The van der Waals surface area contributed by atoms with Gasteiger partial charge in [-0.3, -0.25) is 14.7 Å². The summed E-state index contributed by atoms with van der Waals surface area (Å²) in [6.45, 7) is 4.62. The first-order valence-electron chi connectivity index (χ1n) is 11.1. The van der Waals surface area contributed by atoms with Crippen LogP contribution in [0.25, 0.3) is 10.9 Å². The molecule has 6 heteroatoms. The number of fused-ring (bicyclic) bond motifs is 1. The number of pyridine rings is 1. The Morgan fingerprint density at radius 1 is 0.879 bits per heavy atom. The molecule has 1 aromatic heterocycles. The van der Waals surface area contributed by atoms with Gasteiger partial charge in [-0.05, 0) is 35.9 Å². The molecule has 33 heavy (non-hydrogen) atoms. The summed E-state index contributed by atoms with van der Waals surface area (Å²) in [4.78, 5) is 22.4. The molecule has 1 aliphatic heterocycles. The summed E-state index contributed by atoms with van der Waals surface area (Å²) in [5, 5.41) is 4.74. The highest BCUT2D eigenvalue weighted by Crippen LogP contribution is 2.34. The zero-order chi connectivity index (χ0) is 22.6. The number of benzene rings is 3. The second-order valence-corrected chi connectivity index (χ2v) is 8.68. The molecule has 1 fully saturated rings. The second kappa shape index (κ2) is 9.61. The van der Waals surface area contributed by atoms with Crippen LogP contribution in [0, 0.1) is 0 Å². The summed E-state index contributed by atoms with van der Waals surface area (Å²) in [7, 11) is 0. The summed E-state index contributed by atoms with van der Waals surface area (Å²) in [5.74, 6) is -0.173. The number of nitrogens with zero attached hydrogens (tertiary/aromatic N) is 3. The lowest BCUT2D eigenvalue weighted by atomic mass is 10.1. The number of nitrogens with one attached hydrogen (secondary N) is 1. The molecule has 0 radical (unpaired) electrons. The Balaban J connectivity index is 1.39. The highest BCUT2D eigenvalue weighted by molar-refractivity contribution is 6.30. The number of carbonyl (C=O) groups excluding carboxylic acids is 1. The van der Waals surface area contributed by atoms with Crippen molar-refractivity contribution in [3.05, 3.63) is 101 Å². The van der Waals surface area contributed by atoms with Gasteiger partial charge in [0, 0.05) is 48.7 Å². The number of hydrogen-bond acceptors (Lipinski definition) is 4. The predicted octanol–water partition coefficient (Wildman–Crippen LogP) is 5.46. The van der Waals surface area contributed by atoms with E-state index in [-0.39, 0.29) is 5.91 Å². The van der Waals surface area contributed by atoms with E-state index < -0.39 is 0 Å². The zero-order valence-electron chi connectivity index (χ0n) is 18.2. The number of anilines is 2. The Labute approximate surface area is 198 Å². The minimum atomic E-state index is -0.173. The summed E-state index contributed by atoms with van der Waals surface area (Å²) in [5.41, 5.74) is 4.57. The number of para-hydroxylation sites is 1. The largest absolute Gasteiger partial charge is 0.367 e. The van der Waals surface area contributed by atoms with Gasteiger partial charge in [0.15, 0.2) is 0 Å². The summed E-state index contributed by atoms with van der Waals surface area (Å²) in [6.07, 6.45) is 1.77. The van der Waals surface area contributed by atoms with Crippen molar-refractivity contribution in [1.82, 2.24) is 9.88 Å². The predicted molar refractivity (Wildman–Crippen MR) is 135 cm³/mol. The van der Waals surface area contributed by atoms with E-state index in [9.17, 15) is 4.79 Å². The summed E-state index contributed by atoms with van der Waals surface area (Å²) < 4.78 is 0. The molecule has 5 rings (SSSR count). The third-order valence-corrected chi connectivity index (χ3v) is 6.29. The fraction of sp³-hybridized carbons (Fsp3) is 0.185. The van der Waals surface area contributed by atoms with Crippen LogP contribution in [-0.2, 0) is 6.54 Å². The van der Waals surface area contributed by atoms with E-state index in [0.717, 1.165) is 55.0 Å².